The van der Waals surface area contributed by atoms with Gasteiger partial charge < -0.3 is 20.1 Å². The summed E-state index contributed by atoms with van der Waals surface area (Å²) in [7, 11) is 1.54. The van der Waals surface area contributed by atoms with Crippen LogP contribution < -0.4 is 15.4 Å². The number of rotatable bonds is 7. The average Bonchev–Trinajstić information content (AvgIpc) is 2.66. The van der Waals surface area contributed by atoms with Crippen molar-refractivity contribution in [2.75, 3.05) is 19.0 Å². The molecule has 0 atom stereocenters. The molecule has 0 aliphatic carbocycles. The van der Waals surface area contributed by atoms with Crippen molar-refractivity contribution in [1.82, 2.24) is 5.32 Å². The molecule has 0 saturated heterocycles. The molecular formula is C20H20N2O5. The fourth-order valence-corrected chi connectivity index (χ4v) is 2.13. The number of hydrogen-bond donors (Lipinski definition) is 2. The van der Waals surface area contributed by atoms with Crippen LogP contribution >= 0.6 is 0 Å². The van der Waals surface area contributed by atoms with Gasteiger partial charge >= 0.3 is 5.97 Å². The Bertz CT molecular complexity index is 829. The first-order chi connectivity index (χ1) is 13.0. The van der Waals surface area contributed by atoms with Crippen molar-refractivity contribution in [2.45, 2.75) is 6.92 Å². The number of esters is 1. The standard InChI is InChI=1S/C20H20N2O5/c1-14(23)21-18(12-15-6-4-3-5-7-15)20(25)27-13-19(24)22-16-8-10-17(26-2)11-9-16/h3-12H,13H2,1-2H3,(H,21,23)(H,22,24)/b18-12-. The summed E-state index contributed by atoms with van der Waals surface area (Å²) < 4.78 is 10.0. The van der Waals surface area contributed by atoms with Gasteiger partial charge in [-0.3, -0.25) is 9.59 Å². The summed E-state index contributed by atoms with van der Waals surface area (Å²) in [5.74, 6) is -1.07. The van der Waals surface area contributed by atoms with Gasteiger partial charge in [0.05, 0.1) is 7.11 Å². The first-order valence-corrected chi connectivity index (χ1v) is 8.13. The molecular weight excluding hydrogens is 348 g/mol. The largest absolute Gasteiger partial charge is 0.497 e. The SMILES string of the molecule is COc1ccc(NC(=O)COC(=O)/C(=C/c2ccccc2)NC(C)=O)cc1. The van der Waals surface area contributed by atoms with Gasteiger partial charge in [-0.15, -0.1) is 0 Å². The van der Waals surface area contributed by atoms with Crippen molar-refractivity contribution in [2.24, 2.45) is 0 Å². The first-order valence-electron chi connectivity index (χ1n) is 8.13. The Kier molecular flexibility index (Phi) is 7.13. The second kappa shape index (κ2) is 9.76. The van der Waals surface area contributed by atoms with Crippen LogP contribution in [0.1, 0.15) is 12.5 Å². The third kappa shape index (κ3) is 6.66. The summed E-state index contributed by atoms with van der Waals surface area (Å²) in [5.41, 5.74) is 1.20. The van der Waals surface area contributed by atoms with Gasteiger partial charge in [0.2, 0.25) is 5.91 Å². The third-order valence-electron chi connectivity index (χ3n) is 3.35. The van der Waals surface area contributed by atoms with Crippen LogP contribution in [0.4, 0.5) is 5.69 Å². The summed E-state index contributed by atoms with van der Waals surface area (Å²) >= 11 is 0. The second-order valence-electron chi connectivity index (χ2n) is 5.50. The molecule has 2 N–H and O–H groups in total. The number of hydrogen-bond acceptors (Lipinski definition) is 5. The smallest absolute Gasteiger partial charge is 0.355 e. The Hall–Kier alpha value is -3.61. The minimum Gasteiger partial charge on any atom is -0.497 e. The van der Waals surface area contributed by atoms with Crippen LogP contribution in [0.2, 0.25) is 0 Å². The van der Waals surface area contributed by atoms with Gasteiger partial charge in [-0.25, -0.2) is 4.79 Å². The van der Waals surface area contributed by atoms with Gasteiger partial charge in [0.1, 0.15) is 11.4 Å². The van der Waals surface area contributed by atoms with Crippen LogP contribution in [-0.2, 0) is 19.1 Å². The Balaban J connectivity index is 1.96. The van der Waals surface area contributed by atoms with Crippen molar-refractivity contribution in [3.05, 3.63) is 65.9 Å². The van der Waals surface area contributed by atoms with Gasteiger partial charge in [0, 0.05) is 12.6 Å². The molecule has 27 heavy (non-hydrogen) atoms. The fourth-order valence-electron chi connectivity index (χ4n) is 2.13. The number of carbonyl (C=O) groups is 3. The minimum atomic E-state index is -0.807. The van der Waals surface area contributed by atoms with Crippen LogP contribution in [0.25, 0.3) is 6.08 Å². The molecule has 0 aliphatic rings. The highest BCUT2D eigenvalue weighted by molar-refractivity contribution is 5.99. The molecule has 2 rings (SSSR count). The monoisotopic (exact) mass is 368 g/mol. The number of anilines is 1. The van der Waals surface area contributed by atoms with Crippen molar-refractivity contribution < 1.29 is 23.9 Å². The predicted molar refractivity (Wildman–Crippen MR) is 101 cm³/mol. The molecule has 0 aromatic heterocycles. The number of amides is 2. The Morgan fingerprint density at radius 2 is 1.67 bits per heavy atom. The molecule has 7 heteroatoms. The minimum absolute atomic E-state index is 0.0500. The molecule has 0 saturated carbocycles. The van der Waals surface area contributed by atoms with E-state index in [1.54, 1.807) is 55.6 Å². The molecule has 0 radical (unpaired) electrons. The van der Waals surface area contributed by atoms with E-state index in [1.165, 1.54) is 13.0 Å². The Morgan fingerprint density at radius 1 is 1.00 bits per heavy atom. The number of carbonyl (C=O) groups excluding carboxylic acids is 3. The number of ether oxygens (including phenoxy) is 2. The first kappa shape index (κ1) is 19.7. The molecule has 0 spiro atoms. The molecule has 0 fully saturated rings. The summed E-state index contributed by atoms with van der Waals surface area (Å²) in [6.07, 6.45) is 1.48. The van der Waals surface area contributed by atoms with E-state index >= 15 is 0 Å². The van der Waals surface area contributed by atoms with E-state index in [4.69, 9.17) is 9.47 Å². The summed E-state index contributed by atoms with van der Waals surface area (Å²) in [6, 6.07) is 15.7. The molecule has 140 valence electrons. The quantitative estimate of drug-likeness (QED) is 0.578. The van der Waals surface area contributed by atoms with Gasteiger partial charge in [-0.2, -0.15) is 0 Å². The van der Waals surface area contributed by atoms with Crippen molar-refractivity contribution >= 4 is 29.5 Å². The van der Waals surface area contributed by atoms with E-state index in [1.807, 2.05) is 6.07 Å². The Morgan fingerprint density at radius 3 is 2.26 bits per heavy atom. The summed E-state index contributed by atoms with van der Waals surface area (Å²) in [4.78, 5) is 35.5. The molecule has 0 bridgehead atoms. The maximum Gasteiger partial charge on any atom is 0.355 e. The molecule has 7 nitrogen and oxygen atoms in total. The maximum absolute atomic E-state index is 12.2. The van der Waals surface area contributed by atoms with Gasteiger partial charge in [-0.1, -0.05) is 30.3 Å². The number of methoxy groups -OCH3 is 1. The van der Waals surface area contributed by atoms with Crippen LogP contribution in [0.15, 0.2) is 60.3 Å². The van der Waals surface area contributed by atoms with Crippen LogP contribution in [0.5, 0.6) is 5.75 Å². The number of nitrogens with one attached hydrogen (secondary N) is 2. The van der Waals surface area contributed by atoms with E-state index in [2.05, 4.69) is 10.6 Å². The lowest BCUT2D eigenvalue weighted by Gasteiger charge is -2.10. The van der Waals surface area contributed by atoms with E-state index < -0.39 is 24.4 Å². The van der Waals surface area contributed by atoms with Crippen LogP contribution in [-0.4, -0.2) is 31.5 Å². The van der Waals surface area contributed by atoms with Crippen LogP contribution in [0.3, 0.4) is 0 Å². The second-order valence-corrected chi connectivity index (χ2v) is 5.50. The topological polar surface area (TPSA) is 93.7 Å². The zero-order chi connectivity index (χ0) is 19.6. The molecule has 0 aliphatic heterocycles. The van der Waals surface area contributed by atoms with Gasteiger partial charge in [-0.05, 0) is 35.9 Å². The van der Waals surface area contributed by atoms with E-state index in [0.29, 0.717) is 17.0 Å². The lowest BCUT2D eigenvalue weighted by atomic mass is 10.2. The van der Waals surface area contributed by atoms with Gasteiger partial charge in [0.25, 0.3) is 5.91 Å². The fraction of sp³-hybridized carbons (Fsp3) is 0.150. The van der Waals surface area contributed by atoms with E-state index in [9.17, 15) is 14.4 Å². The predicted octanol–water partition coefficient (Wildman–Crippen LogP) is 2.35. The van der Waals surface area contributed by atoms with E-state index in [-0.39, 0.29) is 5.70 Å². The van der Waals surface area contributed by atoms with Gasteiger partial charge in [0.15, 0.2) is 6.61 Å². The molecule has 0 unspecified atom stereocenters. The maximum atomic E-state index is 12.2. The van der Waals surface area contributed by atoms with Crippen molar-refractivity contribution in [3.63, 3.8) is 0 Å². The lowest BCUT2D eigenvalue weighted by Crippen LogP contribution is -2.28. The highest BCUT2D eigenvalue weighted by atomic mass is 16.5. The zero-order valence-electron chi connectivity index (χ0n) is 15.0. The Labute approximate surface area is 157 Å². The molecule has 2 amide bonds. The zero-order valence-corrected chi connectivity index (χ0v) is 15.0. The average molecular weight is 368 g/mol. The van der Waals surface area contributed by atoms with E-state index in [0.717, 1.165) is 0 Å². The van der Waals surface area contributed by atoms with Crippen molar-refractivity contribution in [1.29, 1.82) is 0 Å². The highest BCUT2D eigenvalue weighted by Gasteiger charge is 2.15. The summed E-state index contributed by atoms with van der Waals surface area (Å²) in [5, 5.41) is 5.02. The van der Waals surface area contributed by atoms with Crippen molar-refractivity contribution in [3.8, 4) is 5.75 Å². The van der Waals surface area contributed by atoms with Crippen LogP contribution in [0, 0.1) is 0 Å². The molecule has 2 aromatic carbocycles. The summed E-state index contributed by atoms with van der Waals surface area (Å²) in [6.45, 7) is 0.791. The third-order valence-corrected chi connectivity index (χ3v) is 3.35. The lowest BCUT2D eigenvalue weighted by molar-refractivity contribution is -0.144. The normalized spacial score (nSPS) is 10.7. The highest BCUT2D eigenvalue weighted by Crippen LogP contribution is 2.15. The molecule has 2 aromatic rings. The molecule has 0 heterocycles. The number of benzene rings is 2.